The fourth-order valence-corrected chi connectivity index (χ4v) is 2.69. The standard InChI is InChI=1S/C15H28OSi/c1-9-12-13(10-2)14(11-3)16-17(7,8)15(4,5)6/h9-11,13-14H,1-3,12H2,4-8H3/t13-,14-/m0/s1. The molecule has 0 aliphatic heterocycles. The lowest BCUT2D eigenvalue weighted by Gasteiger charge is -2.40. The first kappa shape index (κ1) is 16.4. The summed E-state index contributed by atoms with van der Waals surface area (Å²) in [7, 11) is -1.75. The molecule has 0 fully saturated rings. The highest BCUT2D eigenvalue weighted by molar-refractivity contribution is 6.74. The van der Waals surface area contributed by atoms with Gasteiger partial charge in [-0.3, -0.25) is 0 Å². The van der Waals surface area contributed by atoms with E-state index in [-0.39, 0.29) is 17.1 Å². The lowest BCUT2D eigenvalue weighted by atomic mass is 9.99. The molecule has 0 aromatic heterocycles. The Morgan fingerprint density at radius 2 is 1.65 bits per heavy atom. The molecule has 0 aliphatic carbocycles. The van der Waals surface area contributed by atoms with E-state index < -0.39 is 8.32 Å². The van der Waals surface area contributed by atoms with Gasteiger partial charge >= 0.3 is 0 Å². The minimum absolute atomic E-state index is 0.0476. The van der Waals surface area contributed by atoms with Gasteiger partial charge in [-0.1, -0.05) is 39.0 Å². The highest BCUT2D eigenvalue weighted by Crippen LogP contribution is 2.38. The average molecular weight is 252 g/mol. The van der Waals surface area contributed by atoms with E-state index in [1.165, 1.54) is 0 Å². The second kappa shape index (κ2) is 6.36. The van der Waals surface area contributed by atoms with Crippen LogP contribution in [0.1, 0.15) is 27.2 Å². The largest absolute Gasteiger partial charge is 0.410 e. The van der Waals surface area contributed by atoms with E-state index in [0.717, 1.165) is 6.42 Å². The van der Waals surface area contributed by atoms with Crippen molar-refractivity contribution in [3.8, 4) is 0 Å². The third kappa shape index (κ3) is 4.64. The Morgan fingerprint density at radius 3 is 1.94 bits per heavy atom. The second-order valence-electron chi connectivity index (χ2n) is 6.00. The summed E-state index contributed by atoms with van der Waals surface area (Å²) in [5.74, 6) is 0.277. The van der Waals surface area contributed by atoms with Gasteiger partial charge in [0.2, 0.25) is 0 Å². The monoisotopic (exact) mass is 252 g/mol. The molecule has 0 N–H and O–H groups in total. The number of rotatable bonds is 7. The van der Waals surface area contributed by atoms with Crippen molar-refractivity contribution in [3.63, 3.8) is 0 Å². The third-order valence-electron chi connectivity index (χ3n) is 3.63. The highest BCUT2D eigenvalue weighted by atomic mass is 28.4. The molecule has 0 spiro atoms. The van der Waals surface area contributed by atoms with Crippen molar-refractivity contribution >= 4 is 8.32 Å². The molecule has 98 valence electrons. The van der Waals surface area contributed by atoms with Crippen LogP contribution in [0, 0.1) is 5.92 Å². The van der Waals surface area contributed by atoms with Crippen molar-refractivity contribution in [2.45, 2.75) is 51.4 Å². The minimum Gasteiger partial charge on any atom is -0.410 e. The normalized spacial score (nSPS) is 16.1. The molecule has 0 aliphatic rings. The van der Waals surface area contributed by atoms with Gasteiger partial charge in [-0.25, -0.2) is 0 Å². The minimum atomic E-state index is -1.75. The maximum Gasteiger partial charge on any atom is 0.192 e. The van der Waals surface area contributed by atoms with Crippen LogP contribution in [0.3, 0.4) is 0 Å². The zero-order valence-corrected chi connectivity index (χ0v) is 13.1. The molecule has 1 nitrogen and oxygen atoms in total. The molecule has 0 aromatic rings. The summed E-state index contributed by atoms with van der Waals surface area (Å²) in [4.78, 5) is 0. The summed E-state index contributed by atoms with van der Waals surface area (Å²) in [5.41, 5.74) is 0. The SMILES string of the molecule is C=CC[C@H](C=C)[C@H](C=C)O[Si](C)(C)C(C)(C)C. The van der Waals surface area contributed by atoms with Crippen LogP contribution in [-0.2, 0) is 4.43 Å². The average Bonchev–Trinajstić information content (AvgIpc) is 2.21. The Kier molecular flexibility index (Phi) is 6.14. The van der Waals surface area contributed by atoms with Crippen LogP contribution < -0.4 is 0 Å². The van der Waals surface area contributed by atoms with Crippen molar-refractivity contribution in [3.05, 3.63) is 38.0 Å². The summed E-state index contributed by atoms with van der Waals surface area (Å²) in [6.07, 6.45) is 6.69. The predicted octanol–water partition coefficient (Wildman–Crippen LogP) is 4.94. The molecule has 0 radical (unpaired) electrons. The summed E-state index contributed by atoms with van der Waals surface area (Å²) in [6.45, 7) is 22.8. The van der Waals surface area contributed by atoms with Crippen LogP contribution in [0.2, 0.25) is 18.1 Å². The van der Waals surface area contributed by atoms with Crippen LogP contribution in [0.5, 0.6) is 0 Å². The van der Waals surface area contributed by atoms with Gasteiger partial charge in [-0.15, -0.1) is 19.7 Å². The number of hydrogen-bond acceptors (Lipinski definition) is 1. The molecule has 17 heavy (non-hydrogen) atoms. The van der Waals surface area contributed by atoms with Crippen molar-refractivity contribution in [2.24, 2.45) is 5.92 Å². The van der Waals surface area contributed by atoms with E-state index in [1.54, 1.807) is 0 Å². The van der Waals surface area contributed by atoms with Crippen molar-refractivity contribution in [1.29, 1.82) is 0 Å². The van der Waals surface area contributed by atoms with Crippen LogP contribution in [0.25, 0.3) is 0 Å². The van der Waals surface area contributed by atoms with E-state index in [0.29, 0.717) is 0 Å². The summed E-state index contributed by atoms with van der Waals surface area (Å²) in [5, 5.41) is 0.216. The van der Waals surface area contributed by atoms with Gasteiger partial charge in [0, 0.05) is 5.92 Å². The maximum absolute atomic E-state index is 6.36. The molecule has 0 aromatic carbocycles. The van der Waals surface area contributed by atoms with Crippen LogP contribution >= 0.6 is 0 Å². The lowest BCUT2D eigenvalue weighted by Crippen LogP contribution is -2.45. The smallest absolute Gasteiger partial charge is 0.192 e. The van der Waals surface area contributed by atoms with Crippen molar-refractivity contribution < 1.29 is 4.43 Å². The van der Waals surface area contributed by atoms with Crippen molar-refractivity contribution in [1.82, 2.24) is 0 Å². The second-order valence-corrected chi connectivity index (χ2v) is 10.8. The fourth-order valence-electron chi connectivity index (χ4n) is 1.38. The maximum atomic E-state index is 6.36. The Balaban J connectivity index is 4.86. The molecule has 0 saturated carbocycles. The van der Waals surface area contributed by atoms with Gasteiger partial charge in [-0.2, -0.15) is 0 Å². The molecule has 2 atom stereocenters. The zero-order chi connectivity index (χ0) is 13.7. The molecule has 0 saturated heterocycles. The Labute approximate surface area is 108 Å². The highest BCUT2D eigenvalue weighted by Gasteiger charge is 2.39. The lowest BCUT2D eigenvalue weighted by molar-refractivity contribution is 0.183. The van der Waals surface area contributed by atoms with Gasteiger partial charge < -0.3 is 4.43 Å². The predicted molar refractivity (Wildman–Crippen MR) is 80.8 cm³/mol. The topological polar surface area (TPSA) is 9.23 Å². The molecule has 0 heterocycles. The van der Waals surface area contributed by atoms with E-state index in [1.807, 2.05) is 18.2 Å². The molecule has 2 heteroatoms. The number of allylic oxidation sites excluding steroid dienone is 1. The first-order valence-corrected chi connectivity index (χ1v) is 9.14. The van der Waals surface area contributed by atoms with Crippen molar-refractivity contribution in [2.75, 3.05) is 0 Å². The quantitative estimate of drug-likeness (QED) is 0.460. The third-order valence-corrected chi connectivity index (χ3v) is 8.11. The molecule has 0 rings (SSSR count). The Bertz CT molecular complexity index is 273. The molecule has 0 bridgehead atoms. The summed E-state index contributed by atoms with van der Waals surface area (Å²) < 4.78 is 6.36. The number of hydrogen-bond donors (Lipinski definition) is 0. The fraction of sp³-hybridized carbons (Fsp3) is 0.600. The van der Waals surface area contributed by atoms with Crippen LogP contribution in [0.15, 0.2) is 38.0 Å². The van der Waals surface area contributed by atoms with Crippen LogP contribution in [-0.4, -0.2) is 14.4 Å². The van der Waals surface area contributed by atoms with Gasteiger partial charge in [0.1, 0.15) is 0 Å². The summed E-state index contributed by atoms with van der Waals surface area (Å²) in [6, 6.07) is 0. The van der Waals surface area contributed by atoms with E-state index in [9.17, 15) is 0 Å². The van der Waals surface area contributed by atoms with E-state index in [2.05, 4.69) is 53.6 Å². The van der Waals surface area contributed by atoms with Gasteiger partial charge in [-0.05, 0) is 24.6 Å². The van der Waals surface area contributed by atoms with Gasteiger partial charge in [0.05, 0.1) is 6.10 Å². The first-order valence-electron chi connectivity index (χ1n) is 6.23. The first-order chi connectivity index (χ1) is 7.69. The molecular weight excluding hydrogens is 224 g/mol. The van der Waals surface area contributed by atoms with Gasteiger partial charge in [0.15, 0.2) is 8.32 Å². The van der Waals surface area contributed by atoms with E-state index in [4.69, 9.17) is 4.43 Å². The van der Waals surface area contributed by atoms with Gasteiger partial charge in [0.25, 0.3) is 0 Å². The summed E-state index contributed by atoms with van der Waals surface area (Å²) >= 11 is 0. The molecule has 0 amide bonds. The van der Waals surface area contributed by atoms with Crippen LogP contribution in [0.4, 0.5) is 0 Å². The Hall–Kier alpha value is -0.603. The molecule has 0 unspecified atom stereocenters. The van der Waals surface area contributed by atoms with E-state index >= 15 is 0 Å². The zero-order valence-electron chi connectivity index (χ0n) is 12.1. The molecular formula is C15H28OSi. The Morgan fingerprint density at radius 1 is 1.12 bits per heavy atom.